The number of aryl methyl sites for hydroxylation is 1. The van der Waals surface area contributed by atoms with Crippen molar-refractivity contribution in [3.8, 4) is 22.6 Å². The minimum atomic E-state index is -0.470. The fraction of sp³-hybridized carbons (Fsp3) is 0.0625. The van der Waals surface area contributed by atoms with Gasteiger partial charge in [0.25, 0.3) is 0 Å². The summed E-state index contributed by atoms with van der Waals surface area (Å²) < 4.78 is 5.49. The molecule has 21 heavy (non-hydrogen) atoms. The van der Waals surface area contributed by atoms with Crippen LogP contribution in [-0.4, -0.2) is 16.1 Å². The third-order valence-electron chi connectivity index (χ3n) is 3.17. The molecule has 104 valence electrons. The second kappa shape index (κ2) is 5.20. The molecule has 0 atom stereocenters. The summed E-state index contributed by atoms with van der Waals surface area (Å²) in [6.45, 7) is 1.73. The first-order valence-corrected chi connectivity index (χ1v) is 6.45. The molecule has 0 spiro atoms. The van der Waals surface area contributed by atoms with E-state index in [0.29, 0.717) is 17.3 Å². The highest BCUT2D eigenvalue weighted by atomic mass is 16.4. The lowest BCUT2D eigenvalue weighted by Crippen LogP contribution is -2.12. The lowest BCUT2D eigenvalue weighted by Gasteiger charge is -2.10. The van der Waals surface area contributed by atoms with Gasteiger partial charge in [-0.05, 0) is 23.3 Å². The zero-order chi connectivity index (χ0) is 14.8. The molecule has 0 saturated carbocycles. The summed E-state index contributed by atoms with van der Waals surface area (Å²) >= 11 is 0. The number of carbonyl (C=O) groups is 1. The van der Waals surface area contributed by atoms with E-state index in [1.165, 1.54) is 0 Å². The van der Waals surface area contributed by atoms with Gasteiger partial charge in [-0.15, -0.1) is 10.2 Å². The maximum Gasteiger partial charge on any atom is 0.249 e. The van der Waals surface area contributed by atoms with Crippen molar-refractivity contribution in [2.45, 2.75) is 6.92 Å². The van der Waals surface area contributed by atoms with E-state index in [1.807, 2.05) is 36.4 Å². The van der Waals surface area contributed by atoms with Gasteiger partial charge in [-0.2, -0.15) is 0 Å². The monoisotopic (exact) mass is 279 g/mol. The number of rotatable bonds is 3. The molecule has 0 bridgehead atoms. The van der Waals surface area contributed by atoms with Crippen molar-refractivity contribution in [3.63, 3.8) is 0 Å². The van der Waals surface area contributed by atoms with Gasteiger partial charge in [0, 0.05) is 18.1 Å². The molecule has 5 heteroatoms. The Morgan fingerprint density at radius 2 is 1.57 bits per heavy atom. The van der Waals surface area contributed by atoms with Crippen LogP contribution in [0.5, 0.6) is 0 Å². The number of primary amides is 1. The largest absolute Gasteiger partial charge is 0.421 e. The van der Waals surface area contributed by atoms with Crippen LogP contribution in [0.15, 0.2) is 52.9 Å². The number of hydrogen-bond acceptors (Lipinski definition) is 4. The summed E-state index contributed by atoms with van der Waals surface area (Å²) in [5.41, 5.74) is 8.26. The van der Waals surface area contributed by atoms with E-state index in [0.717, 1.165) is 16.7 Å². The van der Waals surface area contributed by atoms with Crippen LogP contribution >= 0.6 is 0 Å². The van der Waals surface area contributed by atoms with E-state index >= 15 is 0 Å². The van der Waals surface area contributed by atoms with Crippen LogP contribution in [-0.2, 0) is 0 Å². The molecule has 2 aromatic carbocycles. The molecule has 3 aromatic rings. The number of nitrogens with two attached hydrogens (primary N) is 1. The molecule has 0 fully saturated rings. The molecular formula is C16H13N3O2. The van der Waals surface area contributed by atoms with Crippen molar-refractivity contribution in [2.24, 2.45) is 5.73 Å². The number of benzene rings is 2. The number of aromatic nitrogens is 2. The van der Waals surface area contributed by atoms with Crippen molar-refractivity contribution < 1.29 is 9.21 Å². The van der Waals surface area contributed by atoms with Crippen molar-refractivity contribution in [1.29, 1.82) is 0 Å². The topological polar surface area (TPSA) is 82.0 Å². The number of hydrogen-bond donors (Lipinski definition) is 1. The number of amides is 1. The molecule has 0 unspecified atom stereocenters. The molecule has 0 saturated heterocycles. The predicted octanol–water partition coefficient (Wildman–Crippen LogP) is 2.81. The van der Waals surface area contributed by atoms with E-state index in [1.54, 1.807) is 19.1 Å². The van der Waals surface area contributed by atoms with Crippen LogP contribution in [0.25, 0.3) is 22.6 Å². The Morgan fingerprint density at radius 3 is 2.19 bits per heavy atom. The third-order valence-corrected chi connectivity index (χ3v) is 3.17. The molecule has 0 aliphatic heterocycles. The van der Waals surface area contributed by atoms with Crippen LogP contribution in [0.2, 0.25) is 0 Å². The zero-order valence-corrected chi connectivity index (χ0v) is 11.4. The number of nitrogens with zero attached hydrogens (tertiary/aromatic N) is 2. The summed E-state index contributed by atoms with van der Waals surface area (Å²) in [6, 6.07) is 14.7. The SMILES string of the molecule is Cc1nnc(-c2ccccc2-c2ccccc2C(N)=O)o1. The predicted molar refractivity (Wildman–Crippen MR) is 78.4 cm³/mol. The first kappa shape index (κ1) is 13.1. The second-order valence-corrected chi connectivity index (χ2v) is 4.58. The minimum Gasteiger partial charge on any atom is -0.421 e. The Kier molecular flexibility index (Phi) is 3.23. The Balaban J connectivity index is 2.23. The molecule has 1 heterocycles. The van der Waals surface area contributed by atoms with Gasteiger partial charge >= 0.3 is 0 Å². The lowest BCUT2D eigenvalue weighted by molar-refractivity contribution is 0.100. The van der Waals surface area contributed by atoms with Gasteiger partial charge in [-0.1, -0.05) is 36.4 Å². The molecule has 3 rings (SSSR count). The fourth-order valence-corrected chi connectivity index (χ4v) is 2.24. The maximum absolute atomic E-state index is 11.6. The smallest absolute Gasteiger partial charge is 0.249 e. The highest BCUT2D eigenvalue weighted by Gasteiger charge is 2.16. The van der Waals surface area contributed by atoms with Gasteiger partial charge in [0.15, 0.2) is 0 Å². The van der Waals surface area contributed by atoms with Gasteiger partial charge in [-0.3, -0.25) is 4.79 Å². The molecule has 0 aliphatic carbocycles. The van der Waals surface area contributed by atoms with Crippen LogP contribution in [0.1, 0.15) is 16.2 Å². The maximum atomic E-state index is 11.6. The van der Waals surface area contributed by atoms with E-state index < -0.39 is 5.91 Å². The quantitative estimate of drug-likeness (QED) is 0.799. The van der Waals surface area contributed by atoms with E-state index in [2.05, 4.69) is 10.2 Å². The molecule has 0 aliphatic rings. The summed E-state index contributed by atoms with van der Waals surface area (Å²) in [4.78, 5) is 11.6. The Labute approximate surface area is 121 Å². The average Bonchev–Trinajstić information content (AvgIpc) is 2.93. The third kappa shape index (κ3) is 2.41. The van der Waals surface area contributed by atoms with Gasteiger partial charge < -0.3 is 10.2 Å². The Hall–Kier alpha value is -2.95. The molecule has 2 N–H and O–H groups in total. The van der Waals surface area contributed by atoms with Crippen molar-refractivity contribution in [2.75, 3.05) is 0 Å². The molecule has 5 nitrogen and oxygen atoms in total. The first-order chi connectivity index (χ1) is 10.2. The summed E-state index contributed by atoms with van der Waals surface area (Å²) in [5, 5.41) is 7.89. The zero-order valence-electron chi connectivity index (χ0n) is 11.4. The minimum absolute atomic E-state index is 0.419. The van der Waals surface area contributed by atoms with Crippen molar-refractivity contribution in [3.05, 3.63) is 60.0 Å². The van der Waals surface area contributed by atoms with E-state index in [9.17, 15) is 4.79 Å². The first-order valence-electron chi connectivity index (χ1n) is 6.45. The normalized spacial score (nSPS) is 10.5. The van der Waals surface area contributed by atoms with Crippen molar-refractivity contribution >= 4 is 5.91 Å². The van der Waals surface area contributed by atoms with Crippen LogP contribution < -0.4 is 5.73 Å². The van der Waals surface area contributed by atoms with E-state index in [4.69, 9.17) is 10.2 Å². The Morgan fingerprint density at radius 1 is 0.952 bits per heavy atom. The van der Waals surface area contributed by atoms with Gasteiger partial charge in [0.2, 0.25) is 17.7 Å². The highest BCUT2D eigenvalue weighted by Crippen LogP contribution is 2.33. The van der Waals surface area contributed by atoms with Crippen molar-refractivity contribution in [1.82, 2.24) is 10.2 Å². The standard InChI is InChI=1S/C16H13N3O2/c1-10-18-19-16(21-10)14-9-5-3-7-12(14)11-6-2-4-8-13(11)15(17)20/h2-9H,1H3,(H2,17,20). The lowest BCUT2D eigenvalue weighted by atomic mass is 9.95. The molecule has 0 radical (unpaired) electrons. The fourth-order valence-electron chi connectivity index (χ4n) is 2.24. The van der Waals surface area contributed by atoms with Crippen LogP contribution in [0.3, 0.4) is 0 Å². The van der Waals surface area contributed by atoms with Gasteiger partial charge in [-0.25, -0.2) is 0 Å². The van der Waals surface area contributed by atoms with E-state index in [-0.39, 0.29) is 0 Å². The molecular weight excluding hydrogens is 266 g/mol. The van der Waals surface area contributed by atoms with Crippen LogP contribution in [0.4, 0.5) is 0 Å². The summed E-state index contributed by atoms with van der Waals surface area (Å²) in [7, 11) is 0. The highest BCUT2D eigenvalue weighted by molar-refractivity contribution is 6.01. The van der Waals surface area contributed by atoms with Gasteiger partial charge in [0.05, 0.1) is 0 Å². The summed E-state index contributed by atoms with van der Waals surface area (Å²) in [5.74, 6) is 0.437. The summed E-state index contributed by atoms with van der Waals surface area (Å²) in [6.07, 6.45) is 0. The molecule has 1 amide bonds. The number of carbonyl (C=O) groups excluding carboxylic acids is 1. The Bertz CT molecular complexity index is 809. The van der Waals surface area contributed by atoms with Gasteiger partial charge in [0.1, 0.15) is 0 Å². The second-order valence-electron chi connectivity index (χ2n) is 4.58. The van der Waals surface area contributed by atoms with Crippen LogP contribution in [0, 0.1) is 6.92 Å². The molecule has 1 aromatic heterocycles. The average molecular weight is 279 g/mol.